The molecule has 1 spiro atoms. The quantitative estimate of drug-likeness (QED) is 0.684. The molecule has 1 aromatic carbocycles. The van der Waals surface area contributed by atoms with Gasteiger partial charge in [-0.3, -0.25) is 4.79 Å². The molecule has 24 heavy (non-hydrogen) atoms. The molecule has 2 aliphatic rings. The molecule has 0 saturated carbocycles. The van der Waals surface area contributed by atoms with Crippen molar-refractivity contribution in [1.82, 2.24) is 0 Å². The summed E-state index contributed by atoms with van der Waals surface area (Å²) in [4.78, 5) is 13.4. The molecular formula is C15H13BrF5NO2. The average molecular weight is 414 g/mol. The van der Waals surface area contributed by atoms with Crippen LogP contribution in [0.5, 0.6) is 0 Å². The van der Waals surface area contributed by atoms with Gasteiger partial charge < -0.3 is 9.64 Å². The minimum atomic E-state index is -5.72. The molecule has 1 aromatic rings. The van der Waals surface area contributed by atoms with Gasteiger partial charge in [0.1, 0.15) is 0 Å². The number of anilines is 1. The van der Waals surface area contributed by atoms with Crippen LogP contribution in [0.3, 0.4) is 0 Å². The Balaban J connectivity index is 2.06. The van der Waals surface area contributed by atoms with Crippen molar-refractivity contribution >= 4 is 27.5 Å². The van der Waals surface area contributed by atoms with Gasteiger partial charge in [0.05, 0.1) is 12.0 Å². The van der Waals surface area contributed by atoms with Gasteiger partial charge in [-0.1, -0.05) is 22.0 Å². The Bertz CT molecular complexity index is 670. The Kier molecular flexibility index (Phi) is 4.15. The van der Waals surface area contributed by atoms with Crippen molar-refractivity contribution in [3.8, 4) is 0 Å². The van der Waals surface area contributed by atoms with Crippen molar-refractivity contribution in [2.24, 2.45) is 0 Å². The Labute approximate surface area is 142 Å². The molecule has 2 aliphatic heterocycles. The summed E-state index contributed by atoms with van der Waals surface area (Å²) < 4.78 is 70.6. The number of carbonyl (C=O) groups excluding carboxylic acids is 1. The number of nitrogens with zero attached hydrogens (tertiary/aromatic N) is 1. The SMILES string of the molecule is O=C1N(CC(F)(F)C(F)(F)F)c2cc(Br)ccc2C12CCOCC2. The van der Waals surface area contributed by atoms with Gasteiger partial charge in [0, 0.05) is 23.4 Å². The normalized spacial score (nSPS) is 20.6. The Morgan fingerprint density at radius 1 is 1.17 bits per heavy atom. The van der Waals surface area contributed by atoms with E-state index in [0.29, 0.717) is 14.9 Å². The molecule has 0 unspecified atom stereocenters. The van der Waals surface area contributed by atoms with Crippen LogP contribution in [0, 0.1) is 0 Å². The fourth-order valence-corrected chi connectivity index (χ4v) is 3.61. The highest BCUT2D eigenvalue weighted by Crippen LogP contribution is 2.50. The van der Waals surface area contributed by atoms with E-state index in [1.807, 2.05) is 0 Å². The second-order valence-corrected chi connectivity index (χ2v) is 6.87. The molecule has 0 radical (unpaired) electrons. The summed E-state index contributed by atoms with van der Waals surface area (Å²) in [5, 5.41) is 0. The van der Waals surface area contributed by atoms with E-state index in [0.717, 1.165) is 0 Å². The van der Waals surface area contributed by atoms with E-state index in [1.165, 1.54) is 6.07 Å². The highest BCUT2D eigenvalue weighted by Gasteiger charge is 2.61. The molecule has 0 N–H and O–H groups in total. The van der Waals surface area contributed by atoms with Crippen molar-refractivity contribution in [3.63, 3.8) is 0 Å². The summed E-state index contributed by atoms with van der Waals surface area (Å²) in [5.74, 6) is -5.71. The van der Waals surface area contributed by atoms with E-state index in [2.05, 4.69) is 15.9 Å². The van der Waals surface area contributed by atoms with Crippen LogP contribution in [0.15, 0.2) is 22.7 Å². The second kappa shape index (κ2) is 5.66. The fraction of sp³-hybridized carbons (Fsp3) is 0.533. The highest BCUT2D eigenvalue weighted by atomic mass is 79.9. The minimum absolute atomic E-state index is 0.0974. The largest absolute Gasteiger partial charge is 0.455 e. The molecule has 132 valence electrons. The zero-order valence-electron chi connectivity index (χ0n) is 12.3. The number of benzene rings is 1. The highest BCUT2D eigenvalue weighted by molar-refractivity contribution is 9.10. The predicted molar refractivity (Wildman–Crippen MR) is 79.2 cm³/mol. The maximum atomic E-state index is 13.6. The van der Waals surface area contributed by atoms with Gasteiger partial charge >= 0.3 is 12.1 Å². The van der Waals surface area contributed by atoms with Crippen LogP contribution in [0.1, 0.15) is 18.4 Å². The number of ether oxygens (including phenoxy) is 1. The van der Waals surface area contributed by atoms with Crippen molar-refractivity contribution in [1.29, 1.82) is 0 Å². The first-order valence-corrected chi connectivity index (χ1v) is 8.02. The van der Waals surface area contributed by atoms with Crippen molar-refractivity contribution in [3.05, 3.63) is 28.2 Å². The molecule has 9 heteroatoms. The average Bonchev–Trinajstić information content (AvgIpc) is 2.69. The smallest absolute Gasteiger partial charge is 0.381 e. The topological polar surface area (TPSA) is 29.5 Å². The number of hydrogen-bond acceptors (Lipinski definition) is 2. The minimum Gasteiger partial charge on any atom is -0.381 e. The lowest BCUT2D eigenvalue weighted by atomic mass is 9.75. The summed E-state index contributed by atoms with van der Waals surface area (Å²) in [7, 11) is 0. The number of carbonyl (C=O) groups is 1. The summed E-state index contributed by atoms with van der Waals surface area (Å²) in [6, 6.07) is 4.66. The van der Waals surface area contributed by atoms with Gasteiger partial charge in [-0.25, -0.2) is 0 Å². The third-order valence-corrected chi connectivity index (χ3v) is 5.03. The number of hydrogen-bond donors (Lipinski definition) is 0. The molecule has 3 rings (SSSR count). The lowest BCUT2D eigenvalue weighted by Crippen LogP contribution is -2.51. The van der Waals surface area contributed by atoms with E-state index >= 15 is 0 Å². The number of halogens is 6. The molecule has 0 atom stereocenters. The third kappa shape index (κ3) is 2.61. The molecule has 1 saturated heterocycles. The van der Waals surface area contributed by atoms with Crippen molar-refractivity contribution in [2.45, 2.75) is 30.4 Å². The molecule has 0 aromatic heterocycles. The third-order valence-electron chi connectivity index (χ3n) is 4.54. The summed E-state index contributed by atoms with van der Waals surface area (Å²) in [6.45, 7) is -1.21. The van der Waals surface area contributed by atoms with Gasteiger partial charge in [-0.05, 0) is 30.5 Å². The van der Waals surface area contributed by atoms with Crippen LogP contribution in [-0.4, -0.2) is 37.8 Å². The number of alkyl halides is 5. The van der Waals surface area contributed by atoms with Crippen LogP contribution < -0.4 is 4.90 Å². The van der Waals surface area contributed by atoms with E-state index in [9.17, 15) is 26.7 Å². The van der Waals surface area contributed by atoms with E-state index in [4.69, 9.17) is 4.74 Å². The maximum Gasteiger partial charge on any atom is 0.455 e. The van der Waals surface area contributed by atoms with Gasteiger partial charge in [-0.15, -0.1) is 0 Å². The predicted octanol–water partition coefficient (Wildman–Crippen LogP) is 4.04. The molecule has 0 bridgehead atoms. The van der Waals surface area contributed by atoms with Crippen LogP contribution in [-0.2, 0) is 14.9 Å². The molecular weight excluding hydrogens is 401 g/mol. The van der Waals surface area contributed by atoms with E-state index < -0.39 is 30.0 Å². The van der Waals surface area contributed by atoms with Crippen LogP contribution in [0.2, 0.25) is 0 Å². The van der Waals surface area contributed by atoms with Gasteiger partial charge in [0.15, 0.2) is 0 Å². The summed E-state index contributed by atoms with van der Waals surface area (Å²) in [5.41, 5.74) is -0.507. The lowest BCUT2D eigenvalue weighted by Gasteiger charge is -2.33. The first-order chi connectivity index (χ1) is 11.1. The maximum absolute atomic E-state index is 13.6. The summed E-state index contributed by atoms with van der Waals surface area (Å²) >= 11 is 3.17. The van der Waals surface area contributed by atoms with Gasteiger partial charge in [0.25, 0.3) is 0 Å². The number of amides is 1. The second-order valence-electron chi connectivity index (χ2n) is 5.95. The Morgan fingerprint density at radius 3 is 2.38 bits per heavy atom. The molecule has 1 fully saturated rings. The van der Waals surface area contributed by atoms with Gasteiger partial charge in [-0.2, -0.15) is 22.0 Å². The van der Waals surface area contributed by atoms with Crippen LogP contribution in [0.4, 0.5) is 27.6 Å². The standard InChI is InChI=1S/C15H13BrF5NO2/c16-9-1-2-10-11(7-9)22(8-14(17,18)15(19,20)21)12(23)13(10)3-5-24-6-4-13/h1-2,7H,3-6,8H2. The lowest BCUT2D eigenvalue weighted by molar-refractivity contribution is -0.276. The van der Waals surface area contributed by atoms with Crippen LogP contribution in [0.25, 0.3) is 0 Å². The number of rotatable bonds is 2. The number of fused-ring (bicyclic) bond motifs is 2. The Morgan fingerprint density at radius 2 is 1.79 bits per heavy atom. The zero-order chi connectivity index (χ0) is 17.8. The van der Waals surface area contributed by atoms with Crippen molar-refractivity contribution < 1.29 is 31.5 Å². The molecule has 2 heterocycles. The Hall–Kier alpha value is -1.22. The van der Waals surface area contributed by atoms with E-state index in [1.54, 1.807) is 12.1 Å². The van der Waals surface area contributed by atoms with Gasteiger partial charge in [0.2, 0.25) is 5.91 Å². The first kappa shape index (κ1) is 17.6. The van der Waals surface area contributed by atoms with Crippen molar-refractivity contribution in [2.75, 3.05) is 24.7 Å². The summed E-state index contributed by atoms with van der Waals surface area (Å²) in [6.07, 6.45) is -5.20. The first-order valence-electron chi connectivity index (χ1n) is 7.23. The molecule has 0 aliphatic carbocycles. The molecule has 1 amide bonds. The van der Waals surface area contributed by atoms with Crippen LogP contribution >= 0.6 is 15.9 Å². The fourth-order valence-electron chi connectivity index (χ4n) is 3.26. The monoisotopic (exact) mass is 413 g/mol. The van der Waals surface area contributed by atoms with E-state index in [-0.39, 0.29) is 31.7 Å². The zero-order valence-corrected chi connectivity index (χ0v) is 13.9. The molecule has 3 nitrogen and oxygen atoms in total.